The number of benzene rings is 2. The summed E-state index contributed by atoms with van der Waals surface area (Å²) in [6.45, 7) is 0.0543. The topological polar surface area (TPSA) is 47.2 Å². The first-order valence-corrected chi connectivity index (χ1v) is 7.58. The SMILES string of the molecule is O=Cn1cc(CCO)c2c(-n3ccc4ccccc43)cccc21. The molecule has 2 aromatic heterocycles. The summed E-state index contributed by atoms with van der Waals surface area (Å²) in [4.78, 5) is 11.3. The van der Waals surface area contributed by atoms with E-state index in [0.717, 1.165) is 34.1 Å². The Balaban J connectivity index is 2.07. The molecule has 0 aliphatic carbocycles. The van der Waals surface area contributed by atoms with Gasteiger partial charge in [0.15, 0.2) is 0 Å². The van der Waals surface area contributed by atoms with E-state index >= 15 is 0 Å². The fourth-order valence-corrected chi connectivity index (χ4v) is 3.27. The van der Waals surface area contributed by atoms with Crippen molar-refractivity contribution < 1.29 is 9.90 Å². The maximum atomic E-state index is 11.3. The lowest BCUT2D eigenvalue weighted by Gasteiger charge is -2.09. The molecule has 0 spiro atoms. The first kappa shape index (κ1) is 13.8. The van der Waals surface area contributed by atoms with Crippen molar-refractivity contribution in [3.63, 3.8) is 0 Å². The van der Waals surface area contributed by atoms with Crippen LogP contribution in [0.5, 0.6) is 0 Å². The van der Waals surface area contributed by atoms with Gasteiger partial charge in [-0.1, -0.05) is 24.3 Å². The standard InChI is InChI=1S/C19H16N2O2/c22-11-9-15-12-20(13-23)17-6-3-7-18(19(15)17)21-10-8-14-4-1-2-5-16(14)21/h1-8,10,12-13,22H,9,11H2. The van der Waals surface area contributed by atoms with E-state index in [0.29, 0.717) is 6.42 Å². The van der Waals surface area contributed by atoms with Gasteiger partial charge in [0.25, 0.3) is 0 Å². The third-order valence-corrected chi connectivity index (χ3v) is 4.27. The first-order chi connectivity index (χ1) is 11.3. The molecule has 0 atom stereocenters. The number of fused-ring (bicyclic) bond motifs is 2. The van der Waals surface area contributed by atoms with Gasteiger partial charge in [0, 0.05) is 24.4 Å². The highest BCUT2D eigenvalue weighted by Crippen LogP contribution is 2.30. The summed E-state index contributed by atoms with van der Waals surface area (Å²) in [6.07, 6.45) is 5.18. The molecule has 0 bridgehead atoms. The maximum Gasteiger partial charge on any atom is 0.218 e. The molecule has 0 aliphatic rings. The highest BCUT2D eigenvalue weighted by molar-refractivity contribution is 5.97. The van der Waals surface area contributed by atoms with E-state index in [1.54, 1.807) is 4.57 Å². The zero-order valence-corrected chi connectivity index (χ0v) is 12.5. The van der Waals surface area contributed by atoms with Crippen molar-refractivity contribution >= 4 is 28.2 Å². The van der Waals surface area contributed by atoms with Crippen molar-refractivity contribution in [1.82, 2.24) is 9.13 Å². The molecule has 4 nitrogen and oxygen atoms in total. The van der Waals surface area contributed by atoms with E-state index in [9.17, 15) is 9.90 Å². The van der Waals surface area contributed by atoms with Crippen molar-refractivity contribution in [3.8, 4) is 5.69 Å². The minimum atomic E-state index is 0.0543. The first-order valence-electron chi connectivity index (χ1n) is 7.58. The van der Waals surface area contributed by atoms with Crippen LogP contribution in [0.15, 0.2) is 60.9 Å². The number of nitrogens with zero attached hydrogens (tertiary/aromatic N) is 2. The molecule has 0 fully saturated rings. The van der Waals surface area contributed by atoms with Gasteiger partial charge in [0.05, 0.1) is 16.7 Å². The molecule has 1 N–H and O–H groups in total. The van der Waals surface area contributed by atoms with E-state index in [4.69, 9.17) is 0 Å². The molecule has 23 heavy (non-hydrogen) atoms. The van der Waals surface area contributed by atoms with Gasteiger partial charge in [-0.2, -0.15) is 0 Å². The number of hydrogen-bond donors (Lipinski definition) is 1. The molecular weight excluding hydrogens is 288 g/mol. The van der Waals surface area contributed by atoms with Crippen molar-refractivity contribution in [2.24, 2.45) is 0 Å². The highest BCUT2D eigenvalue weighted by atomic mass is 16.3. The Morgan fingerprint density at radius 3 is 2.65 bits per heavy atom. The van der Waals surface area contributed by atoms with Gasteiger partial charge in [-0.05, 0) is 41.6 Å². The normalized spacial score (nSPS) is 11.3. The van der Waals surface area contributed by atoms with Gasteiger partial charge in [0.1, 0.15) is 0 Å². The summed E-state index contributed by atoms with van der Waals surface area (Å²) in [5.74, 6) is 0. The molecule has 114 valence electrons. The smallest absolute Gasteiger partial charge is 0.218 e. The Labute approximate surface area is 133 Å². The molecule has 4 rings (SSSR count). The second kappa shape index (κ2) is 5.41. The van der Waals surface area contributed by atoms with Crippen LogP contribution in [0.3, 0.4) is 0 Å². The molecule has 2 aromatic carbocycles. The number of hydrogen-bond acceptors (Lipinski definition) is 2. The van der Waals surface area contributed by atoms with Gasteiger partial charge in [-0.3, -0.25) is 9.36 Å². The number of carbonyl (C=O) groups is 1. The third kappa shape index (κ3) is 2.07. The van der Waals surface area contributed by atoms with Gasteiger partial charge in [-0.25, -0.2) is 0 Å². The van der Waals surface area contributed by atoms with Gasteiger partial charge >= 0.3 is 0 Å². The van der Waals surface area contributed by atoms with Crippen LogP contribution in [0.1, 0.15) is 5.56 Å². The largest absolute Gasteiger partial charge is 0.396 e. The zero-order valence-electron chi connectivity index (χ0n) is 12.5. The van der Waals surface area contributed by atoms with Gasteiger partial charge in [0.2, 0.25) is 6.41 Å². The molecule has 0 aliphatic heterocycles. The van der Waals surface area contributed by atoms with Gasteiger partial charge in [-0.15, -0.1) is 0 Å². The number of rotatable bonds is 4. The average molecular weight is 304 g/mol. The van der Waals surface area contributed by atoms with Crippen LogP contribution in [-0.2, 0) is 11.2 Å². The Morgan fingerprint density at radius 1 is 1.00 bits per heavy atom. The predicted octanol–water partition coefficient (Wildman–Crippen LogP) is 3.16. The molecule has 4 heteroatoms. The number of aliphatic hydroxyl groups excluding tert-OH is 1. The van der Waals surface area contributed by atoms with Crippen LogP contribution >= 0.6 is 0 Å². The van der Waals surface area contributed by atoms with E-state index in [2.05, 4.69) is 22.8 Å². The minimum Gasteiger partial charge on any atom is -0.396 e. The second-order valence-corrected chi connectivity index (χ2v) is 5.56. The Kier molecular flexibility index (Phi) is 3.24. The summed E-state index contributed by atoms with van der Waals surface area (Å²) in [6, 6.07) is 16.2. The van der Waals surface area contributed by atoms with Crippen LogP contribution in [-0.4, -0.2) is 27.3 Å². The van der Waals surface area contributed by atoms with E-state index < -0.39 is 0 Å². The van der Waals surface area contributed by atoms with Crippen LogP contribution in [0.25, 0.3) is 27.5 Å². The lowest BCUT2D eigenvalue weighted by Crippen LogP contribution is -1.96. The van der Waals surface area contributed by atoms with Crippen molar-refractivity contribution in [1.29, 1.82) is 0 Å². The summed E-state index contributed by atoms with van der Waals surface area (Å²) < 4.78 is 3.71. The third-order valence-electron chi connectivity index (χ3n) is 4.27. The number of aliphatic hydroxyl groups is 1. The number of para-hydroxylation sites is 1. The molecule has 2 heterocycles. The van der Waals surface area contributed by atoms with Crippen LogP contribution in [0.2, 0.25) is 0 Å². The monoisotopic (exact) mass is 304 g/mol. The second-order valence-electron chi connectivity index (χ2n) is 5.56. The van der Waals surface area contributed by atoms with Crippen molar-refractivity contribution in [2.75, 3.05) is 6.61 Å². The maximum absolute atomic E-state index is 11.3. The Morgan fingerprint density at radius 2 is 1.83 bits per heavy atom. The molecule has 0 amide bonds. The summed E-state index contributed by atoms with van der Waals surface area (Å²) in [5.41, 5.74) is 3.98. The van der Waals surface area contributed by atoms with E-state index in [1.807, 2.05) is 42.7 Å². The fraction of sp³-hybridized carbons (Fsp3) is 0.105. The van der Waals surface area contributed by atoms with Crippen LogP contribution in [0, 0.1) is 0 Å². The Bertz CT molecular complexity index is 1010. The van der Waals surface area contributed by atoms with Crippen molar-refractivity contribution in [2.45, 2.75) is 6.42 Å². The molecule has 4 aromatic rings. The van der Waals surface area contributed by atoms with E-state index in [-0.39, 0.29) is 6.61 Å². The van der Waals surface area contributed by atoms with Gasteiger partial charge < -0.3 is 9.67 Å². The molecule has 0 radical (unpaired) electrons. The quantitative estimate of drug-likeness (QED) is 0.589. The lowest BCUT2D eigenvalue weighted by molar-refractivity contribution is 0.300. The predicted molar refractivity (Wildman–Crippen MR) is 91.7 cm³/mol. The minimum absolute atomic E-state index is 0.0543. The highest BCUT2D eigenvalue weighted by Gasteiger charge is 2.14. The molecular formula is C19H16N2O2. The summed E-state index contributed by atoms with van der Waals surface area (Å²) in [7, 11) is 0. The summed E-state index contributed by atoms with van der Waals surface area (Å²) in [5, 5.41) is 11.5. The number of carbonyl (C=O) groups excluding carboxylic acids is 1. The molecule has 0 saturated heterocycles. The summed E-state index contributed by atoms with van der Waals surface area (Å²) >= 11 is 0. The number of aromatic nitrogens is 2. The Hall–Kier alpha value is -2.85. The fourth-order valence-electron chi connectivity index (χ4n) is 3.27. The van der Waals surface area contributed by atoms with Crippen LogP contribution < -0.4 is 0 Å². The average Bonchev–Trinajstić information content (AvgIpc) is 3.17. The van der Waals surface area contributed by atoms with Crippen LogP contribution in [0.4, 0.5) is 0 Å². The lowest BCUT2D eigenvalue weighted by atomic mass is 10.1. The molecule has 0 unspecified atom stereocenters. The molecule has 0 saturated carbocycles. The van der Waals surface area contributed by atoms with E-state index in [1.165, 1.54) is 5.39 Å². The van der Waals surface area contributed by atoms with Crippen molar-refractivity contribution in [3.05, 3.63) is 66.5 Å². The zero-order chi connectivity index (χ0) is 15.8.